The number of hydrogen-bond donors (Lipinski definition) is 1. The number of benzene rings is 1. The van der Waals surface area contributed by atoms with Gasteiger partial charge in [0.1, 0.15) is 5.75 Å². The molecule has 21 heavy (non-hydrogen) atoms. The van der Waals surface area contributed by atoms with E-state index in [4.69, 9.17) is 4.74 Å². The third-order valence-corrected chi connectivity index (χ3v) is 4.20. The van der Waals surface area contributed by atoms with E-state index in [2.05, 4.69) is 25.7 Å². The predicted octanol–water partition coefficient (Wildman–Crippen LogP) is 3.41. The lowest BCUT2D eigenvalue weighted by Gasteiger charge is -2.36. The Hall–Kier alpha value is -1.06. The van der Waals surface area contributed by atoms with E-state index in [1.54, 1.807) is 0 Å². The molecule has 1 aliphatic rings. The van der Waals surface area contributed by atoms with Crippen LogP contribution in [0.1, 0.15) is 44.4 Å². The van der Waals surface area contributed by atoms with Crippen LogP contribution < -0.4 is 4.74 Å². The Morgan fingerprint density at radius 2 is 1.95 bits per heavy atom. The third kappa shape index (κ3) is 4.45. The Balaban J connectivity index is 2.08. The van der Waals surface area contributed by atoms with Crippen LogP contribution >= 0.6 is 0 Å². The van der Waals surface area contributed by atoms with Crippen molar-refractivity contribution >= 4 is 0 Å². The number of aliphatic hydroxyl groups excluding tert-OH is 1. The molecule has 0 bridgehead atoms. The summed E-state index contributed by atoms with van der Waals surface area (Å²) in [6.45, 7) is 12.1. The molecule has 3 nitrogen and oxygen atoms in total. The maximum Gasteiger partial charge on any atom is 0.125 e. The number of piperidine rings is 1. The lowest BCUT2D eigenvalue weighted by molar-refractivity contribution is 0.0684. The van der Waals surface area contributed by atoms with E-state index in [1.807, 2.05) is 25.1 Å². The molecule has 0 saturated carbocycles. The fourth-order valence-electron chi connectivity index (χ4n) is 3.50. The maximum atomic E-state index is 10.7. The largest absolute Gasteiger partial charge is 0.493 e. The van der Waals surface area contributed by atoms with Crippen LogP contribution in [0.5, 0.6) is 5.75 Å². The Bertz CT molecular complexity index is 451. The van der Waals surface area contributed by atoms with Crippen molar-refractivity contribution in [3.63, 3.8) is 0 Å². The molecule has 1 aromatic carbocycles. The molecule has 2 rings (SSSR count). The topological polar surface area (TPSA) is 32.7 Å². The second-order valence-electron chi connectivity index (χ2n) is 6.65. The summed E-state index contributed by atoms with van der Waals surface area (Å²) in [7, 11) is 0. The summed E-state index contributed by atoms with van der Waals surface area (Å²) in [5, 5.41) is 10.7. The standard InChI is InChI=1S/C18H29NO2/c1-5-21-18-7-6-13(2)9-16(18)17(20)12-19-10-14(3)8-15(4)11-19/h6-7,9,14-15,17,20H,5,8,10-12H2,1-4H3. The van der Waals surface area contributed by atoms with Crippen LogP contribution in [0.3, 0.4) is 0 Å². The van der Waals surface area contributed by atoms with Gasteiger partial charge in [0.05, 0.1) is 12.7 Å². The molecule has 1 heterocycles. The van der Waals surface area contributed by atoms with Crippen molar-refractivity contribution in [1.82, 2.24) is 4.90 Å². The van der Waals surface area contributed by atoms with Crippen LogP contribution in [-0.2, 0) is 0 Å². The molecule has 1 saturated heterocycles. The molecule has 1 aromatic rings. The van der Waals surface area contributed by atoms with E-state index in [9.17, 15) is 5.11 Å². The molecule has 1 N–H and O–H groups in total. The molecular formula is C18H29NO2. The van der Waals surface area contributed by atoms with Crippen LogP contribution in [0, 0.1) is 18.8 Å². The average Bonchev–Trinajstić information content (AvgIpc) is 2.39. The molecular weight excluding hydrogens is 262 g/mol. The quantitative estimate of drug-likeness (QED) is 0.902. The molecule has 3 heteroatoms. The summed E-state index contributed by atoms with van der Waals surface area (Å²) in [5.41, 5.74) is 2.08. The smallest absolute Gasteiger partial charge is 0.125 e. The van der Waals surface area contributed by atoms with Crippen LogP contribution in [0.4, 0.5) is 0 Å². The molecule has 118 valence electrons. The number of aryl methyl sites for hydroxylation is 1. The molecule has 0 aliphatic carbocycles. The Morgan fingerprint density at radius 3 is 2.57 bits per heavy atom. The first-order valence-electron chi connectivity index (χ1n) is 8.13. The number of nitrogens with zero attached hydrogens (tertiary/aromatic N) is 1. The van der Waals surface area contributed by atoms with Gasteiger partial charge in [-0.15, -0.1) is 0 Å². The first-order chi connectivity index (χ1) is 9.99. The zero-order valence-corrected chi connectivity index (χ0v) is 13.8. The molecule has 1 fully saturated rings. The summed E-state index contributed by atoms with van der Waals surface area (Å²) < 4.78 is 5.67. The van der Waals surface area contributed by atoms with Crippen LogP contribution in [0.15, 0.2) is 18.2 Å². The van der Waals surface area contributed by atoms with Crippen molar-refractivity contribution in [3.8, 4) is 5.75 Å². The van der Waals surface area contributed by atoms with Crippen LogP contribution in [0.2, 0.25) is 0 Å². The van der Waals surface area contributed by atoms with Gasteiger partial charge in [0.2, 0.25) is 0 Å². The van der Waals surface area contributed by atoms with E-state index in [0.29, 0.717) is 25.0 Å². The van der Waals surface area contributed by atoms with E-state index < -0.39 is 6.10 Å². The summed E-state index contributed by atoms with van der Waals surface area (Å²) >= 11 is 0. The van der Waals surface area contributed by atoms with Crippen molar-refractivity contribution in [2.45, 2.75) is 40.2 Å². The normalized spacial score (nSPS) is 24.8. The number of likely N-dealkylation sites (tertiary alicyclic amines) is 1. The summed E-state index contributed by atoms with van der Waals surface area (Å²) in [4.78, 5) is 2.39. The first-order valence-corrected chi connectivity index (χ1v) is 8.13. The van der Waals surface area contributed by atoms with Crippen molar-refractivity contribution < 1.29 is 9.84 Å². The Kier molecular flexibility index (Phi) is 5.65. The summed E-state index contributed by atoms with van der Waals surface area (Å²) in [6.07, 6.45) is 0.810. The van der Waals surface area contributed by atoms with Gasteiger partial charge < -0.3 is 9.84 Å². The maximum absolute atomic E-state index is 10.7. The number of ether oxygens (including phenoxy) is 1. The number of aliphatic hydroxyl groups is 1. The van der Waals surface area contributed by atoms with E-state index in [1.165, 1.54) is 6.42 Å². The summed E-state index contributed by atoms with van der Waals surface area (Å²) in [5.74, 6) is 2.24. The van der Waals surface area contributed by atoms with Crippen molar-refractivity contribution in [1.29, 1.82) is 0 Å². The van der Waals surface area contributed by atoms with E-state index >= 15 is 0 Å². The monoisotopic (exact) mass is 291 g/mol. The fourth-order valence-corrected chi connectivity index (χ4v) is 3.50. The molecule has 0 radical (unpaired) electrons. The SMILES string of the molecule is CCOc1ccc(C)cc1C(O)CN1CC(C)CC(C)C1. The van der Waals surface area contributed by atoms with E-state index in [0.717, 1.165) is 30.0 Å². The fraction of sp³-hybridized carbons (Fsp3) is 0.667. The molecule has 1 aliphatic heterocycles. The highest BCUT2D eigenvalue weighted by molar-refractivity contribution is 5.38. The van der Waals surface area contributed by atoms with E-state index in [-0.39, 0.29) is 0 Å². The van der Waals surface area contributed by atoms with Gasteiger partial charge in [0.25, 0.3) is 0 Å². The number of hydrogen-bond acceptors (Lipinski definition) is 3. The first kappa shape index (κ1) is 16.3. The molecule has 3 unspecified atom stereocenters. The molecule has 0 aromatic heterocycles. The second-order valence-corrected chi connectivity index (χ2v) is 6.65. The van der Waals surface area contributed by atoms with Gasteiger partial charge in [0.15, 0.2) is 0 Å². The Morgan fingerprint density at radius 1 is 1.29 bits per heavy atom. The van der Waals surface area contributed by atoms with Gasteiger partial charge in [0, 0.05) is 25.2 Å². The minimum absolute atomic E-state index is 0.482. The van der Waals surface area contributed by atoms with Crippen LogP contribution in [0.25, 0.3) is 0 Å². The minimum atomic E-state index is -0.482. The zero-order chi connectivity index (χ0) is 15.4. The minimum Gasteiger partial charge on any atom is -0.493 e. The summed E-state index contributed by atoms with van der Waals surface area (Å²) in [6, 6.07) is 6.05. The van der Waals surface area contributed by atoms with Crippen LogP contribution in [-0.4, -0.2) is 36.2 Å². The van der Waals surface area contributed by atoms with Crippen molar-refractivity contribution in [2.24, 2.45) is 11.8 Å². The van der Waals surface area contributed by atoms with Gasteiger partial charge >= 0.3 is 0 Å². The average molecular weight is 291 g/mol. The number of rotatable bonds is 5. The second kappa shape index (κ2) is 7.28. The highest BCUT2D eigenvalue weighted by Crippen LogP contribution is 2.29. The van der Waals surface area contributed by atoms with Crippen molar-refractivity contribution in [3.05, 3.63) is 29.3 Å². The Labute approximate surface area is 128 Å². The third-order valence-electron chi connectivity index (χ3n) is 4.20. The number of β-amino-alcohol motifs (C(OH)–C–C–N with tert-alkyl or cyclic N) is 1. The molecule has 3 atom stereocenters. The van der Waals surface area contributed by atoms with Gasteiger partial charge in [-0.05, 0) is 44.2 Å². The molecule has 0 spiro atoms. The highest BCUT2D eigenvalue weighted by Gasteiger charge is 2.25. The van der Waals surface area contributed by atoms with Gasteiger partial charge in [-0.25, -0.2) is 0 Å². The predicted molar refractivity (Wildman–Crippen MR) is 86.7 cm³/mol. The van der Waals surface area contributed by atoms with Crippen molar-refractivity contribution in [2.75, 3.05) is 26.2 Å². The molecule has 0 amide bonds. The lowest BCUT2D eigenvalue weighted by Crippen LogP contribution is -2.40. The van der Waals surface area contributed by atoms with Gasteiger partial charge in [-0.2, -0.15) is 0 Å². The zero-order valence-electron chi connectivity index (χ0n) is 13.8. The van der Waals surface area contributed by atoms with Gasteiger partial charge in [-0.1, -0.05) is 25.5 Å². The van der Waals surface area contributed by atoms with Gasteiger partial charge in [-0.3, -0.25) is 4.90 Å². The lowest BCUT2D eigenvalue weighted by atomic mass is 9.91. The highest BCUT2D eigenvalue weighted by atomic mass is 16.5.